The van der Waals surface area contributed by atoms with Crippen molar-refractivity contribution in [2.24, 2.45) is 0 Å². The summed E-state index contributed by atoms with van der Waals surface area (Å²) in [6.07, 6.45) is 7.12. The molecule has 0 bridgehead atoms. The Labute approximate surface area is 147 Å². The van der Waals surface area contributed by atoms with Crippen molar-refractivity contribution in [2.45, 2.75) is 20.3 Å². The van der Waals surface area contributed by atoms with Gasteiger partial charge < -0.3 is 0 Å². The molecule has 25 heavy (non-hydrogen) atoms. The lowest BCUT2D eigenvalue weighted by Gasteiger charge is -2.08. The molecule has 0 atom stereocenters. The third-order valence-corrected chi connectivity index (χ3v) is 4.88. The van der Waals surface area contributed by atoms with E-state index < -0.39 is 0 Å². The Morgan fingerprint density at radius 3 is 2.80 bits per heavy atom. The van der Waals surface area contributed by atoms with Crippen molar-refractivity contribution < 1.29 is 4.79 Å². The topological polar surface area (TPSA) is 85.9 Å². The largest absolute Gasteiger partial charge is 0.294 e. The van der Waals surface area contributed by atoms with Gasteiger partial charge in [0, 0.05) is 28.4 Å². The van der Waals surface area contributed by atoms with E-state index in [0.29, 0.717) is 11.2 Å². The number of aromatic nitrogens is 6. The molecule has 0 aliphatic carbocycles. The molecule has 0 aromatic carbocycles. The molecule has 0 saturated carbocycles. The zero-order chi connectivity index (χ0) is 17.4. The van der Waals surface area contributed by atoms with Crippen molar-refractivity contribution in [3.05, 3.63) is 58.2 Å². The number of Topliss-reactive ketones (excluding diaryl/α,β-unsaturated/α-hetero) is 1. The molecule has 0 saturated heterocycles. The first-order chi connectivity index (χ1) is 12.1. The van der Waals surface area contributed by atoms with Crippen molar-refractivity contribution in [2.75, 3.05) is 0 Å². The minimum atomic E-state index is -0.0335. The Kier molecular flexibility index (Phi) is 3.81. The van der Waals surface area contributed by atoms with Crippen LogP contribution >= 0.6 is 11.3 Å². The fourth-order valence-corrected chi connectivity index (χ4v) is 3.46. The number of fused-ring (bicyclic) bond motifs is 1. The minimum Gasteiger partial charge on any atom is -0.294 e. The normalized spacial score (nSPS) is 11.1. The van der Waals surface area contributed by atoms with E-state index in [0.717, 1.165) is 27.4 Å². The lowest BCUT2D eigenvalue weighted by atomic mass is 10.0. The van der Waals surface area contributed by atoms with E-state index in [1.165, 1.54) is 11.3 Å². The average Bonchev–Trinajstić information content (AvgIpc) is 3.23. The van der Waals surface area contributed by atoms with Gasteiger partial charge in [0.25, 0.3) is 0 Å². The molecule has 7 nitrogen and oxygen atoms in total. The van der Waals surface area contributed by atoms with Gasteiger partial charge in [0.1, 0.15) is 11.3 Å². The molecule has 0 amide bonds. The first kappa shape index (κ1) is 15.5. The van der Waals surface area contributed by atoms with Crippen LogP contribution in [0.1, 0.15) is 26.6 Å². The summed E-state index contributed by atoms with van der Waals surface area (Å²) in [5.74, 6) is -0.0335. The van der Waals surface area contributed by atoms with Gasteiger partial charge in [-0.2, -0.15) is 10.2 Å². The van der Waals surface area contributed by atoms with Crippen LogP contribution in [0.15, 0.2) is 36.4 Å². The van der Waals surface area contributed by atoms with E-state index in [1.807, 2.05) is 31.5 Å². The van der Waals surface area contributed by atoms with Crippen LogP contribution in [0.3, 0.4) is 0 Å². The van der Waals surface area contributed by atoms with Crippen LogP contribution in [0.2, 0.25) is 0 Å². The highest BCUT2D eigenvalue weighted by Crippen LogP contribution is 2.25. The molecular formula is C17H14N6OS. The van der Waals surface area contributed by atoms with Crippen LogP contribution in [0.25, 0.3) is 16.8 Å². The second kappa shape index (κ2) is 6.14. The predicted octanol–water partition coefficient (Wildman–Crippen LogP) is 2.69. The Bertz CT molecular complexity index is 1080. The summed E-state index contributed by atoms with van der Waals surface area (Å²) in [5.41, 5.74) is 4.77. The van der Waals surface area contributed by atoms with E-state index >= 15 is 0 Å². The fourth-order valence-electron chi connectivity index (χ4n) is 2.69. The Morgan fingerprint density at radius 1 is 1.20 bits per heavy atom. The highest BCUT2D eigenvalue weighted by molar-refractivity contribution is 7.09. The smallest absolute Gasteiger partial charge is 0.173 e. The first-order valence-corrected chi connectivity index (χ1v) is 8.55. The third kappa shape index (κ3) is 2.91. The summed E-state index contributed by atoms with van der Waals surface area (Å²) in [5, 5.41) is 18.6. The number of ketones is 1. The van der Waals surface area contributed by atoms with Crippen LogP contribution in [0.4, 0.5) is 0 Å². The van der Waals surface area contributed by atoms with Crippen molar-refractivity contribution in [1.29, 1.82) is 0 Å². The second-order valence-electron chi connectivity index (χ2n) is 5.77. The fraction of sp³-hybridized carbons (Fsp3) is 0.176. The van der Waals surface area contributed by atoms with Crippen molar-refractivity contribution in [3.8, 4) is 11.1 Å². The molecule has 0 unspecified atom stereocenters. The highest BCUT2D eigenvalue weighted by Gasteiger charge is 2.17. The maximum atomic E-state index is 12.9. The maximum Gasteiger partial charge on any atom is 0.173 e. The summed E-state index contributed by atoms with van der Waals surface area (Å²) in [6, 6.07) is 1.84. The van der Waals surface area contributed by atoms with Gasteiger partial charge in [-0.25, -0.2) is 4.98 Å². The molecule has 0 aliphatic rings. The number of nitrogens with zero attached hydrogens (tertiary/aromatic N) is 6. The van der Waals surface area contributed by atoms with E-state index in [-0.39, 0.29) is 12.2 Å². The van der Waals surface area contributed by atoms with Gasteiger partial charge in [-0.3, -0.25) is 9.20 Å². The predicted molar refractivity (Wildman–Crippen MR) is 93.6 cm³/mol. The molecule has 0 spiro atoms. The Morgan fingerprint density at radius 2 is 2.04 bits per heavy atom. The average molecular weight is 350 g/mol. The van der Waals surface area contributed by atoms with Gasteiger partial charge >= 0.3 is 0 Å². The second-order valence-corrected chi connectivity index (χ2v) is 6.72. The van der Waals surface area contributed by atoms with Crippen LogP contribution in [0, 0.1) is 13.8 Å². The summed E-state index contributed by atoms with van der Waals surface area (Å²) in [4.78, 5) is 17.2. The quantitative estimate of drug-likeness (QED) is 0.526. The highest BCUT2D eigenvalue weighted by atomic mass is 32.1. The summed E-state index contributed by atoms with van der Waals surface area (Å²) < 4.78 is 1.76. The molecule has 0 fully saturated rings. The zero-order valence-electron chi connectivity index (χ0n) is 13.7. The van der Waals surface area contributed by atoms with Crippen LogP contribution in [-0.2, 0) is 6.42 Å². The van der Waals surface area contributed by atoms with Gasteiger partial charge in [-0.1, -0.05) is 0 Å². The van der Waals surface area contributed by atoms with Gasteiger partial charge in [-0.15, -0.1) is 21.5 Å². The monoisotopic (exact) mass is 350 g/mol. The number of hydrogen-bond donors (Lipinski definition) is 0. The lowest BCUT2D eigenvalue weighted by Crippen LogP contribution is -2.07. The van der Waals surface area contributed by atoms with E-state index in [4.69, 9.17) is 0 Å². The molecule has 0 N–H and O–H groups in total. The molecule has 0 radical (unpaired) electrons. The summed E-state index contributed by atoms with van der Waals surface area (Å²) >= 11 is 1.49. The van der Waals surface area contributed by atoms with Crippen LogP contribution in [-0.4, -0.2) is 35.6 Å². The van der Waals surface area contributed by atoms with Crippen molar-refractivity contribution in [1.82, 2.24) is 29.8 Å². The lowest BCUT2D eigenvalue weighted by molar-refractivity contribution is 0.0994. The summed E-state index contributed by atoms with van der Waals surface area (Å²) in [6.45, 7) is 3.88. The number of carbonyl (C=O) groups excluding carboxylic acids is 1. The molecule has 4 rings (SSSR count). The van der Waals surface area contributed by atoms with E-state index in [2.05, 4.69) is 25.4 Å². The molecule has 124 valence electrons. The van der Waals surface area contributed by atoms with Gasteiger partial charge in [0.15, 0.2) is 11.4 Å². The molecule has 4 aromatic rings. The van der Waals surface area contributed by atoms with Crippen LogP contribution < -0.4 is 0 Å². The number of aryl methyl sites for hydroxylation is 2. The van der Waals surface area contributed by atoms with Crippen molar-refractivity contribution >= 4 is 22.8 Å². The SMILES string of the molecule is Cc1csc(CC(=O)c2cc(-c3cnncc3C)cn3cnnc23)n1. The van der Waals surface area contributed by atoms with Crippen molar-refractivity contribution in [3.63, 3.8) is 0 Å². The number of rotatable bonds is 4. The number of carbonyl (C=O) groups is 1. The third-order valence-electron chi connectivity index (χ3n) is 3.91. The number of hydrogen-bond acceptors (Lipinski definition) is 7. The molecule has 8 heteroatoms. The standard InChI is InChI=1S/C17H14N6OS/c1-10-5-18-19-6-14(10)12-3-13(17-22-20-9-23(17)7-12)15(24)4-16-21-11(2)8-25-16/h3,5-9H,4H2,1-2H3. The number of thiazole rings is 1. The Hall–Kier alpha value is -3.00. The maximum absolute atomic E-state index is 12.9. The number of pyridine rings is 1. The van der Waals surface area contributed by atoms with E-state index in [1.54, 1.807) is 23.1 Å². The molecule has 4 heterocycles. The van der Waals surface area contributed by atoms with E-state index in [9.17, 15) is 4.79 Å². The van der Waals surface area contributed by atoms with Gasteiger partial charge in [0.2, 0.25) is 0 Å². The zero-order valence-corrected chi connectivity index (χ0v) is 14.5. The molecule has 4 aromatic heterocycles. The molecule has 0 aliphatic heterocycles. The van der Waals surface area contributed by atoms with Gasteiger partial charge in [-0.05, 0) is 25.5 Å². The Balaban J connectivity index is 1.81. The van der Waals surface area contributed by atoms with Crippen LogP contribution in [0.5, 0.6) is 0 Å². The minimum absolute atomic E-state index is 0.0335. The first-order valence-electron chi connectivity index (χ1n) is 7.67. The molecular weight excluding hydrogens is 336 g/mol. The van der Waals surface area contributed by atoms with Gasteiger partial charge in [0.05, 0.1) is 24.4 Å². The summed E-state index contributed by atoms with van der Waals surface area (Å²) in [7, 11) is 0.